The van der Waals surface area contributed by atoms with Crippen molar-refractivity contribution in [2.45, 2.75) is 51.0 Å². The Labute approximate surface area is 181 Å². The van der Waals surface area contributed by atoms with Crippen LogP contribution in [-0.2, 0) is 9.59 Å². The van der Waals surface area contributed by atoms with Gasteiger partial charge in [0.05, 0.1) is 0 Å². The SMILES string of the molecule is Cc1ccc(N2CCC(C(=O)N3CCCC(c4n[nH]c(=S)n4C4CC4)C3)C2=O)cc1. The maximum atomic E-state index is 13.3. The highest BCUT2D eigenvalue weighted by Gasteiger charge is 2.41. The molecule has 2 amide bonds. The van der Waals surface area contributed by atoms with E-state index in [4.69, 9.17) is 12.2 Å². The first kappa shape index (κ1) is 19.5. The van der Waals surface area contributed by atoms with Crippen LogP contribution in [0.25, 0.3) is 0 Å². The van der Waals surface area contributed by atoms with Crippen LogP contribution in [0.4, 0.5) is 5.69 Å². The smallest absolute Gasteiger partial charge is 0.239 e. The second kappa shape index (κ2) is 7.65. The molecule has 0 spiro atoms. The van der Waals surface area contributed by atoms with Gasteiger partial charge in [-0.25, -0.2) is 0 Å². The molecule has 1 aromatic heterocycles. The number of aromatic amines is 1. The molecular formula is C22H27N5O2S. The van der Waals surface area contributed by atoms with E-state index in [0.717, 1.165) is 42.8 Å². The molecule has 2 unspecified atom stereocenters. The van der Waals surface area contributed by atoms with E-state index in [1.54, 1.807) is 4.90 Å². The van der Waals surface area contributed by atoms with E-state index in [-0.39, 0.29) is 17.7 Å². The van der Waals surface area contributed by atoms with Crippen LogP contribution in [0.2, 0.25) is 0 Å². The Hall–Kier alpha value is -2.48. The lowest BCUT2D eigenvalue weighted by atomic mass is 9.95. The minimum Gasteiger partial charge on any atom is -0.341 e. The summed E-state index contributed by atoms with van der Waals surface area (Å²) in [5.41, 5.74) is 2.03. The first-order valence-electron chi connectivity index (χ1n) is 10.9. The number of nitrogens with one attached hydrogen (secondary N) is 1. The topological polar surface area (TPSA) is 74.2 Å². The number of likely N-dealkylation sites (tertiary alicyclic amines) is 1. The van der Waals surface area contributed by atoms with Crippen LogP contribution in [0.15, 0.2) is 24.3 Å². The monoisotopic (exact) mass is 425 g/mol. The summed E-state index contributed by atoms with van der Waals surface area (Å²) >= 11 is 5.42. The molecule has 5 rings (SSSR count). The number of rotatable bonds is 4. The van der Waals surface area contributed by atoms with Crippen molar-refractivity contribution >= 4 is 29.7 Å². The molecule has 1 N–H and O–H groups in total. The Balaban J connectivity index is 1.30. The summed E-state index contributed by atoms with van der Waals surface area (Å²) in [4.78, 5) is 29.9. The van der Waals surface area contributed by atoms with E-state index < -0.39 is 5.92 Å². The fourth-order valence-corrected chi connectivity index (χ4v) is 5.08. The van der Waals surface area contributed by atoms with Gasteiger partial charge in [0.25, 0.3) is 0 Å². The average molecular weight is 426 g/mol. The number of hydrogen-bond acceptors (Lipinski definition) is 4. The molecule has 0 radical (unpaired) electrons. The zero-order valence-electron chi connectivity index (χ0n) is 17.2. The molecule has 2 atom stereocenters. The third-order valence-electron chi connectivity index (χ3n) is 6.59. The molecule has 3 fully saturated rings. The van der Waals surface area contributed by atoms with Gasteiger partial charge in [0.1, 0.15) is 11.7 Å². The van der Waals surface area contributed by atoms with E-state index in [0.29, 0.717) is 36.9 Å². The van der Waals surface area contributed by atoms with Crippen LogP contribution < -0.4 is 4.90 Å². The van der Waals surface area contributed by atoms with Crippen molar-refractivity contribution in [3.63, 3.8) is 0 Å². The van der Waals surface area contributed by atoms with Gasteiger partial charge in [-0.2, -0.15) is 5.10 Å². The highest BCUT2D eigenvalue weighted by Crippen LogP contribution is 2.39. The number of amides is 2. The van der Waals surface area contributed by atoms with Crippen LogP contribution in [0.1, 0.15) is 55.5 Å². The third kappa shape index (κ3) is 3.47. The number of carbonyl (C=O) groups is 2. The standard InChI is InChI=1S/C22H27N5O2S/c1-14-4-6-16(7-5-14)26-12-10-18(21(26)29)20(28)25-11-2-3-15(13-25)19-23-24-22(30)27(19)17-8-9-17/h4-7,15,17-18H,2-3,8-13H2,1H3,(H,24,30). The molecule has 2 aromatic rings. The molecule has 2 aliphatic heterocycles. The highest BCUT2D eigenvalue weighted by molar-refractivity contribution is 7.71. The molecule has 30 heavy (non-hydrogen) atoms. The molecule has 2 saturated heterocycles. The summed E-state index contributed by atoms with van der Waals surface area (Å²) in [5.74, 6) is 0.451. The van der Waals surface area contributed by atoms with Gasteiger partial charge in [-0.05, 0) is 63.4 Å². The lowest BCUT2D eigenvalue weighted by Gasteiger charge is -2.33. The van der Waals surface area contributed by atoms with E-state index >= 15 is 0 Å². The number of benzene rings is 1. The second-order valence-electron chi connectivity index (χ2n) is 8.78. The minimum atomic E-state index is -0.575. The predicted molar refractivity (Wildman–Crippen MR) is 116 cm³/mol. The number of carbonyl (C=O) groups excluding carboxylic acids is 2. The zero-order valence-corrected chi connectivity index (χ0v) is 18.0. The summed E-state index contributed by atoms with van der Waals surface area (Å²) < 4.78 is 2.82. The zero-order chi connectivity index (χ0) is 20.8. The normalized spacial score (nSPS) is 24.5. The third-order valence-corrected chi connectivity index (χ3v) is 6.88. The largest absolute Gasteiger partial charge is 0.341 e. The summed E-state index contributed by atoms with van der Waals surface area (Å²) in [6, 6.07) is 8.37. The van der Waals surface area contributed by atoms with E-state index in [2.05, 4.69) is 14.8 Å². The van der Waals surface area contributed by atoms with Crippen LogP contribution in [-0.4, -0.2) is 51.1 Å². The number of piperidine rings is 1. The molecule has 3 aliphatic rings. The first-order chi connectivity index (χ1) is 14.5. The number of anilines is 1. The summed E-state index contributed by atoms with van der Waals surface area (Å²) in [6.45, 7) is 3.93. The number of hydrogen-bond donors (Lipinski definition) is 1. The molecule has 1 saturated carbocycles. The summed E-state index contributed by atoms with van der Waals surface area (Å²) in [5, 5.41) is 7.44. The Morgan fingerprint density at radius 1 is 1.13 bits per heavy atom. The quantitative estimate of drug-likeness (QED) is 0.602. The van der Waals surface area contributed by atoms with Gasteiger partial charge >= 0.3 is 0 Å². The van der Waals surface area contributed by atoms with Crippen molar-refractivity contribution < 1.29 is 9.59 Å². The minimum absolute atomic E-state index is 0.0357. The van der Waals surface area contributed by atoms with Crippen molar-refractivity contribution in [2.75, 3.05) is 24.5 Å². The maximum absolute atomic E-state index is 13.3. The Bertz CT molecular complexity index is 1020. The van der Waals surface area contributed by atoms with Gasteiger partial charge in [-0.15, -0.1) is 0 Å². The fraction of sp³-hybridized carbons (Fsp3) is 0.545. The highest BCUT2D eigenvalue weighted by atomic mass is 32.1. The molecule has 0 bridgehead atoms. The lowest BCUT2D eigenvalue weighted by Crippen LogP contribution is -2.45. The number of H-pyrrole nitrogens is 1. The van der Waals surface area contributed by atoms with E-state index in [1.807, 2.05) is 36.1 Å². The Morgan fingerprint density at radius 3 is 2.63 bits per heavy atom. The Morgan fingerprint density at radius 2 is 1.90 bits per heavy atom. The van der Waals surface area contributed by atoms with Crippen molar-refractivity contribution in [2.24, 2.45) is 5.92 Å². The molecule has 8 heteroatoms. The van der Waals surface area contributed by atoms with E-state index in [9.17, 15) is 9.59 Å². The fourth-order valence-electron chi connectivity index (χ4n) is 4.79. The number of aryl methyl sites for hydroxylation is 1. The average Bonchev–Trinajstić information content (AvgIpc) is 3.41. The lowest BCUT2D eigenvalue weighted by molar-refractivity contribution is -0.140. The van der Waals surface area contributed by atoms with Gasteiger partial charge in [0, 0.05) is 37.3 Å². The summed E-state index contributed by atoms with van der Waals surface area (Å²) in [6.07, 6.45) is 4.77. The summed E-state index contributed by atoms with van der Waals surface area (Å²) in [7, 11) is 0. The van der Waals surface area contributed by atoms with Crippen molar-refractivity contribution in [3.8, 4) is 0 Å². The number of aromatic nitrogens is 3. The van der Waals surface area contributed by atoms with Gasteiger partial charge < -0.3 is 14.4 Å². The Kier molecular flexibility index (Phi) is 4.97. The molecule has 158 valence electrons. The molecule has 1 aromatic carbocycles. The molecular weight excluding hydrogens is 398 g/mol. The second-order valence-corrected chi connectivity index (χ2v) is 9.16. The van der Waals surface area contributed by atoms with Crippen LogP contribution >= 0.6 is 12.2 Å². The van der Waals surface area contributed by atoms with Crippen molar-refractivity contribution in [1.29, 1.82) is 0 Å². The van der Waals surface area contributed by atoms with Gasteiger partial charge in [0.15, 0.2) is 4.77 Å². The van der Waals surface area contributed by atoms with Crippen LogP contribution in [0.3, 0.4) is 0 Å². The number of nitrogens with zero attached hydrogens (tertiary/aromatic N) is 4. The van der Waals surface area contributed by atoms with E-state index in [1.165, 1.54) is 0 Å². The first-order valence-corrected chi connectivity index (χ1v) is 11.3. The van der Waals surface area contributed by atoms with Gasteiger partial charge in [-0.3, -0.25) is 14.7 Å². The molecule has 7 nitrogen and oxygen atoms in total. The predicted octanol–water partition coefficient (Wildman–Crippen LogP) is 3.34. The van der Waals surface area contributed by atoms with Crippen LogP contribution in [0, 0.1) is 17.6 Å². The molecule has 1 aliphatic carbocycles. The van der Waals surface area contributed by atoms with Crippen molar-refractivity contribution in [3.05, 3.63) is 40.4 Å². The van der Waals surface area contributed by atoms with Crippen molar-refractivity contribution in [1.82, 2.24) is 19.7 Å². The molecule has 3 heterocycles. The van der Waals surface area contributed by atoms with Gasteiger partial charge in [-0.1, -0.05) is 17.7 Å². The maximum Gasteiger partial charge on any atom is 0.239 e. The van der Waals surface area contributed by atoms with Gasteiger partial charge in [0.2, 0.25) is 11.8 Å². The van der Waals surface area contributed by atoms with Crippen LogP contribution in [0.5, 0.6) is 0 Å².